The first-order chi connectivity index (χ1) is 17.5. The molecule has 1 N–H and O–H groups in total. The van der Waals surface area contributed by atoms with Crippen LogP contribution in [0.15, 0.2) is 83.1 Å². The highest BCUT2D eigenvalue weighted by atomic mass is 32.2. The number of nitrogens with one attached hydrogen (secondary N) is 1. The van der Waals surface area contributed by atoms with Gasteiger partial charge in [-0.25, -0.2) is 4.98 Å². The van der Waals surface area contributed by atoms with Gasteiger partial charge in [0, 0.05) is 17.5 Å². The van der Waals surface area contributed by atoms with Crippen molar-refractivity contribution in [3.63, 3.8) is 0 Å². The summed E-state index contributed by atoms with van der Waals surface area (Å²) in [6, 6.07) is 19.3. The Labute approximate surface area is 221 Å². The largest absolute Gasteiger partial charge is 0.456 e. The first-order valence-corrected chi connectivity index (χ1v) is 13.0. The van der Waals surface area contributed by atoms with Gasteiger partial charge >= 0.3 is 5.97 Å². The molecule has 0 unspecified atom stereocenters. The van der Waals surface area contributed by atoms with Gasteiger partial charge in [-0.05, 0) is 11.6 Å². The van der Waals surface area contributed by atoms with Crippen molar-refractivity contribution in [3.05, 3.63) is 88.7 Å². The molecule has 10 heteroatoms. The van der Waals surface area contributed by atoms with Crippen molar-refractivity contribution in [2.24, 2.45) is 0 Å². The van der Waals surface area contributed by atoms with Crippen molar-refractivity contribution in [1.29, 1.82) is 0 Å². The van der Waals surface area contributed by atoms with Crippen LogP contribution in [0.5, 0.6) is 0 Å². The second-order valence-corrected chi connectivity index (χ2v) is 10.0. The van der Waals surface area contributed by atoms with Crippen molar-refractivity contribution < 1.29 is 19.1 Å². The number of thiocarbonyl (C=S) groups is 1. The summed E-state index contributed by atoms with van der Waals surface area (Å²) in [4.78, 5) is 43.2. The molecule has 0 atom stereocenters. The number of aromatic nitrogens is 1. The monoisotopic (exact) mass is 535 g/mol. The summed E-state index contributed by atoms with van der Waals surface area (Å²) in [6.45, 7) is -0.362. The normalized spacial score (nSPS) is 14.6. The zero-order chi connectivity index (χ0) is 25.3. The van der Waals surface area contributed by atoms with Gasteiger partial charge in [-0.2, -0.15) is 0 Å². The third-order valence-electron chi connectivity index (χ3n) is 4.93. The summed E-state index contributed by atoms with van der Waals surface area (Å²) < 4.78 is 5.43. The summed E-state index contributed by atoms with van der Waals surface area (Å²) >= 11 is 7.76. The van der Waals surface area contributed by atoms with Crippen LogP contribution >= 0.6 is 35.3 Å². The average Bonchev–Trinajstić information content (AvgIpc) is 3.46. The average molecular weight is 536 g/mol. The molecule has 36 heavy (non-hydrogen) atoms. The number of benzene rings is 2. The number of carbonyl (C=O) groups is 3. The fourth-order valence-corrected chi connectivity index (χ4v) is 5.16. The van der Waals surface area contributed by atoms with E-state index in [0.717, 1.165) is 16.8 Å². The number of amides is 2. The minimum absolute atomic E-state index is 0.0811. The SMILES string of the molecule is O=C(COC(=O)CCN1C(=O)C(=CC=Cc2ccccc2)SC1=S)Nc1nc(-c2ccccc2)cs1. The molecule has 1 aromatic heterocycles. The minimum Gasteiger partial charge on any atom is -0.456 e. The first-order valence-electron chi connectivity index (χ1n) is 10.9. The summed E-state index contributed by atoms with van der Waals surface area (Å²) in [7, 11) is 0. The van der Waals surface area contributed by atoms with Crippen LogP contribution < -0.4 is 5.32 Å². The molecule has 1 aliphatic rings. The number of carbonyl (C=O) groups excluding carboxylic acids is 3. The van der Waals surface area contributed by atoms with E-state index in [9.17, 15) is 14.4 Å². The molecule has 3 aromatic rings. The number of ether oxygens (including phenoxy) is 1. The van der Waals surface area contributed by atoms with Gasteiger partial charge in [-0.1, -0.05) is 96.8 Å². The molecule has 182 valence electrons. The maximum Gasteiger partial charge on any atom is 0.308 e. The second-order valence-electron chi connectivity index (χ2n) is 7.49. The molecule has 0 bridgehead atoms. The lowest BCUT2D eigenvalue weighted by Crippen LogP contribution is -2.31. The number of thiazole rings is 1. The van der Waals surface area contributed by atoms with Crippen LogP contribution in [0.4, 0.5) is 5.13 Å². The summed E-state index contributed by atoms with van der Waals surface area (Å²) in [5.41, 5.74) is 2.71. The van der Waals surface area contributed by atoms with Crippen LogP contribution in [0, 0.1) is 0 Å². The van der Waals surface area contributed by atoms with Crippen molar-refractivity contribution >= 4 is 68.6 Å². The molecule has 1 aliphatic heterocycles. The first kappa shape index (κ1) is 25.5. The Hall–Kier alpha value is -3.60. The number of nitrogens with zero attached hydrogens (tertiary/aromatic N) is 2. The lowest BCUT2D eigenvalue weighted by atomic mass is 10.2. The Kier molecular flexibility index (Phi) is 8.77. The Balaban J connectivity index is 1.21. The zero-order valence-corrected chi connectivity index (χ0v) is 21.4. The van der Waals surface area contributed by atoms with E-state index in [1.165, 1.54) is 28.0 Å². The third-order valence-corrected chi connectivity index (χ3v) is 7.09. The molecular weight excluding hydrogens is 515 g/mol. The highest BCUT2D eigenvalue weighted by molar-refractivity contribution is 8.26. The van der Waals surface area contributed by atoms with Crippen LogP contribution in [-0.4, -0.2) is 45.1 Å². The smallest absolute Gasteiger partial charge is 0.308 e. The maximum absolute atomic E-state index is 12.6. The summed E-state index contributed by atoms with van der Waals surface area (Å²) in [5, 5.41) is 4.88. The standard InChI is InChI=1S/C26H21N3O4S3/c30-22(28-25-27-20(17-35-25)19-11-5-2-6-12-19)16-33-23(31)14-15-29-24(32)21(36-26(29)34)13-7-10-18-8-3-1-4-9-18/h1-13,17H,14-16H2,(H,27,28,30). The number of thioether (sulfide) groups is 1. The van der Waals surface area contributed by atoms with Crippen LogP contribution in [0.1, 0.15) is 12.0 Å². The van der Waals surface area contributed by atoms with Gasteiger partial charge < -0.3 is 4.74 Å². The number of hydrogen-bond acceptors (Lipinski definition) is 8. The van der Waals surface area contributed by atoms with Gasteiger partial charge in [-0.15, -0.1) is 11.3 Å². The molecule has 2 amide bonds. The molecule has 0 radical (unpaired) electrons. The highest BCUT2D eigenvalue weighted by Crippen LogP contribution is 2.31. The summed E-state index contributed by atoms with van der Waals surface area (Å²) in [5.74, 6) is -1.35. The van der Waals surface area contributed by atoms with Gasteiger partial charge in [0.1, 0.15) is 4.32 Å². The van der Waals surface area contributed by atoms with Gasteiger partial charge in [-0.3, -0.25) is 24.6 Å². The molecular formula is C26H21N3O4S3. The van der Waals surface area contributed by atoms with Crippen molar-refractivity contribution in [1.82, 2.24) is 9.88 Å². The van der Waals surface area contributed by atoms with Crippen LogP contribution in [0.3, 0.4) is 0 Å². The molecule has 0 aliphatic carbocycles. The number of hydrogen-bond donors (Lipinski definition) is 1. The fraction of sp³-hybridized carbons (Fsp3) is 0.115. The van der Waals surface area contributed by atoms with Crippen LogP contribution in [0.2, 0.25) is 0 Å². The van der Waals surface area contributed by atoms with E-state index >= 15 is 0 Å². The quantitative estimate of drug-likeness (QED) is 0.231. The Bertz CT molecular complexity index is 1320. The minimum atomic E-state index is -0.601. The van der Waals surface area contributed by atoms with Crippen LogP contribution in [-0.2, 0) is 19.1 Å². The van der Waals surface area contributed by atoms with Gasteiger partial charge in [0.05, 0.1) is 17.0 Å². The van der Waals surface area contributed by atoms with Crippen molar-refractivity contribution in [2.45, 2.75) is 6.42 Å². The lowest BCUT2D eigenvalue weighted by molar-refractivity contribution is -0.147. The molecule has 1 saturated heterocycles. The predicted molar refractivity (Wildman–Crippen MR) is 147 cm³/mol. The lowest BCUT2D eigenvalue weighted by Gasteiger charge is -2.13. The van der Waals surface area contributed by atoms with Crippen molar-refractivity contribution in [2.75, 3.05) is 18.5 Å². The maximum atomic E-state index is 12.6. The van der Waals surface area contributed by atoms with Gasteiger partial charge in [0.15, 0.2) is 11.7 Å². The molecule has 7 nitrogen and oxygen atoms in total. The topological polar surface area (TPSA) is 88.6 Å². The number of esters is 1. The molecule has 4 rings (SSSR count). The van der Waals surface area contributed by atoms with E-state index in [1.807, 2.05) is 72.1 Å². The van der Waals surface area contributed by atoms with E-state index in [0.29, 0.717) is 14.4 Å². The van der Waals surface area contributed by atoms with E-state index < -0.39 is 18.5 Å². The van der Waals surface area contributed by atoms with E-state index in [2.05, 4.69) is 10.3 Å². The van der Waals surface area contributed by atoms with E-state index in [-0.39, 0.29) is 18.9 Å². The van der Waals surface area contributed by atoms with Crippen molar-refractivity contribution in [3.8, 4) is 11.3 Å². The van der Waals surface area contributed by atoms with Gasteiger partial charge in [0.25, 0.3) is 11.8 Å². The fourth-order valence-electron chi connectivity index (χ4n) is 3.17. The number of allylic oxidation sites excluding steroid dienone is 2. The van der Waals surface area contributed by atoms with E-state index in [1.54, 1.807) is 12.2 Å². The number of rotatable bonds is 9. The van der Waals surface area contributed by atoms with E-state index in [4.69, 9.17) is 17.0 Å². The predicted octanol–water partition coefficient (Wildman–Crippen LogP) is 5.14. The highest BCUT2D eigenvalue weighted by Gasteiger charge is 2.31. The third kappa shape index (κ3) is 6.97. The Morgan fingerprint density at radius 3 is 2.56 bits per heavy atom. The van der Waals surface area contributed by atoms with Crippen LogP contribution in [0.25, 0.3) is 17.3 Å². The molecule has 2 aromatic carbocycles. The number of anilines is 1. The zero-order valence-electron chi connectivity index (χ0n) is 19.0. The molecule has 0 spiro atoms. The molecule has 0 saturated carbocycles. The van der Waals surface area contributed by atoms with Gasteiger partial charge in [0.2, 0.25) is 0 Å². The molecule has 1 fully saturated rings. The Morgan fingerprint density at radius 1 is 1.08 bits per heavy atom. The summed E-state index contributed by atoms with van der Waals surface area (Å²) in [6.07, 6.45) is 5.31. The molecule has 2 heterocycles. The Morgan fingerprint density at radius 2 is 1.81 bits per heavy atom. The second kappa shape index (κ2) is 12.4.